The largest absolute Gasteiger partial charge is 0.375 e. The molecule has 3 aliphatic rings. The van der Waals surface area contributed by atoms with Gasteiger partial charge in [-0.1, -0.05) is 42.3 Å². The van der Waals surface area contributed by atoms with E-state index in [0.717, 1.165) is 68.3 Å². The maximum absolute atomic E-state index is 14.4. The molecule has 0 N–H and O–H groups in total. The molecule has 2 aromatic carbocycles. The van der Waals surface area contributed by atoms with Crippen LogP contribution < -0.4 is 4.90 Å². The number of anilines is 1. The van der Waals surface area contributed by atoms with Gasteiger partial charge in [0.2, 0.25) is 5.95 Å². The molecule has 3 aromatic rings. The number of ether oxygens (including phenoxy) is 1. The van der Waals surface area contributed by atoms with Crippen molar-refractivity contribution in [3.63, 3.8) is 0 Å². The molecule has 46 heavy (non-hydrogen) atoms. The molecular weight excluding hydrogens is 628 g/mol. The summed E-state index contributed by atoms with van der Waals surface area (Å²) in [6, 6.07) is 10.6. The summed E-state index contributed by atoms with van der Waals surface area (Å²) < 4.78 is 20.8. The minimum absolute atomic E-state index is 0.0199. The van der Waals surface area contributed by atoms with Crippen molar-refractivity contribution < 1.29 is 18.7 Å². The van der Waals surface area contributed by atoms with Gasteiger partial charge in [0.05, 0.1) is 22.8 Å². The lowest BCUT2D eigenvalue weighted by atomic mass is 9.88. The first-order valence-electron chi connectivity index (χ1n) is 16.3. The Morgan fingerprint density at radius 2 is 1.46 bits per heavy atom. The Morgan fingerprint density at radius 1 is 0.848 bits per heavy atom. The summed E-state index contributed by atoms with van der Waals surface area (Å²) in [6.45, 7) is 6.12. The standard InChI is InChI=1S/C35H40Cl2FN5O3/c1-2-23-21-39-35(40-22-23)43-12-6-24(7-13-43)25-4-3-5-26(18-25)33(44)41-14-8-28(9-15-41)46-29-10-16-42(17-11-29)34(45)32-30(37)19-27(36)20-31(32)38/h3-5,18-22,24,28-29H,2,6-17H2,1H3. The summed E-state index contributed by atoms with van der Waals surface area (Å²) in [5.41, 5.74) is 2.97. The van der Waals surface area contributed by atoms with Gasteiger partial charge in [0.25, 0.3) is 11.8 Å². The van der Waals surface area contributed by atoms with Gasteiger partial charge in [0, 0.05) is 62.2 Å². The van der Waals surface area contributed by atoms with Gasteiger partial charge in [-0.25, -0.2) is 14.4 Å². The molecule has 0 spiro atoms. The van der Waals surface area contributed by atoms with E-state index in [2.05, 4.69) is 33.9 Å². The van der Waals surface area contributed by atoms with Crippen LogP contribution in [0.15, 0.2) is 48.8 Å². The normalized spacial score (nSPS) is 18.7. The van der Waals surface area contributed by atoms with Crippen molar-refractivity contribution in [3.05, 3.63) is 86.9 Å². The second-order valence-corrected chi connectivity index (χ2v) is 13.3. The van der Waals surface area contributed by atoms with Gasteiger partial charge in [-0.3, -0.25) is 9.59 Å². The van der Waals surface area contributed by atoms with Crippen molar-refractivity contribution in [2.75, 3.05) is 44.2 Å². The average Bonchev–Trinajstić information content (AvgIpc) is 3.08. The smallest absolute Gasteiger partial charge is 0.258 e. The molecular formula is C35H40Cl2FN5O3. The van der Waals surface area contributed by atoms with E-state index in [0.29, 0.717) is 44.9 Å². The molecule has 3 fully saturated rings. The molecule has 3 aliphatic heterocycles. The summed E-state index contributed by atoms with van der Waals surface area (Å²) in [6.07, 6.45) is 9.73. The topological polar surface area (TPSA) is 78.9 Å². The highest BCUT2D eigenvalue weighted by Gasteiger charge is 2.31. The summed E-state index contributed by atoms with van der Waals surface area (Å²) in [5.74, 6) is 0.137. The summed E-state index contributed by atoms with van der Waals surface area (Å²) >= 11 is 12.0. The van der Waals surface area contributed by atoms with Gasteiger partial charge in [0.15, 0.2) is 0 Å². The molecule has 244 valence electrons. The van der Waals surface area contributed by atoms with Crippen LogP contribution in [0.25, 0.3) is 0 Å². The average molecular weight is 669 g/mol. The van der Waals surface area contributed by atoms with Crippen molar-refractivity contribution in [3.8, 4) is 0 Å². The molecule has 0 bridgehead atoms. The Hall–Kier alpha value is -3.27. The first-order valence-corrected chi connectivity index (χ1v) is 17.1. The van der Waals surface area contributed by atoms with E-state index in [1.54, 1.807) is 4.90 Å². The highest BCUT2D eigenvalue weighted by atomic mass is 35.5. The summed E-state index contributed by atoms with van der Waals surface area (Å²) in [5, 5.41) is 0.177. The molecule has 0 saturated carbocycles. The van der Waals surface area contributed by atoms with E-state index in [9.17, 15) is 14.0 Å². The number of carbonyl (C=O) groups is 2. The van der Waals surface area contributed by atoms with Gasteiger partial charge < -0.3 is 19.4 Å². The predicted octanol–water partition coefficient (Wildman–Crippen LogP) is 6.79. The third-order valence-electron chi connectivity index (χ3n) is 9.55. The number of benzene rings is 2. The van der Waals surface area contributed by atoms with E-state index in [-0.39, 0.29) is 33.7 Å². The Kier molecular flexibility index (Phi) is 10.4. The Labute approximate surface area is 279 Å². The SMILES string of the molecule is CCc1cnc(N2CCC(c3cccc(C(=O)N4CCC(OC5CCN(C(=O)c6c(F)cc(Cl)cc6Cl)CC5)CC4)c3)CC2)nc1. The first-order chi connectivity index (χ1) is 22.3. The van der Waals surface area contributed by atoms with Crippen LogP contribution >= 0.6 is 23.2 Å². The van der Waals surface area contributed by atoms with Gasteiger partial charge in [-0.2, -0.15) is 0 Å². The molecule has 11 heteroatoms. The number of amides is 2. The third-order valence-corrected chi connectivity index (χ3v) is 10.1. The van der Waals surface area contributed by atoms with Crippen molar-refractivity contribution in [1.82, 2.24) is 19.8 Å². The van der Waals surface area contributed by atoms with E-state index in [1.165, 1.54) is 11.6 Å². The van der Waals surface area contributed by atoms with Crippen molar-refractivity contribution in [2.24, 2.45) is 0 Å². The van der Waals surface area contributed by atoms with Crippen LogP contribution in [-0.2, 0) is 11.2 Å². The Morgan fingerprint density at radius 3 is 2.04 bits per heavy atom. The predicted molar refractivity (Wildman–Crippen MR) is 177 cm³/mol. The van der Waals surface area contributed by atoms with Crippen molar-refractivity contribution in [1.29, 1.82) is 0 Å². The number of hydrogen-bond donors (Lipinski definition) is 0. The lowest BCUT2D eigenvalue weighted by molar-refractivity contribution is -0.0593. The highest BCUT2D eigenvalue weighted by molar-refractivity contribution is 6.36. The Bertz CT molecular complexity index is 1510. The van der Waals surface area contributed by atoms with Crippen LogP contribution in [0.1, 0.15) is 83.2 Å². The van der Waals surface area contributed by atoms with Gasteiger partial charge in [-0.15, -0.1) is 0 Å². The third kappa shape index (κ3) is 7.48. The minimum Gasteiger partial charge on any atom is -0.375 e. The van der Waals surface area contributed by atoms with Crippen LogP contribution in [0.3, 0.4) is 0 Å². The van der Waals surface area contributed by atoms with Crippen LogP contribution in [0, 0.1) is 5.82 Å². The Balaban J connectivity index is 0.953. The molecule has 3 saturated heterocycles. The zero-order valence-electron chi connectivity index (χ0n) is 26.1. The van der Waals surface area contributed by atoms with Crippen LogP contribution in [0.5, 0.6) is 0 Å². The molecule has 0 aliphatic carbocycles. The van der Waals surface area contributed by atoms with Crippen LogP contribution in [0.2, 0.25) is 10.0 Å². The second kappa shape index (κ2) is 14.7. The quantitative estimate of drug-likeness (QED) is 0.276. The van der Waals surface area contributed by atoms with Crippen molar-refractivity contribution in [2.45, 2.75) is 70.0 Å². The number of aryl methyl sites for hydroxylation is 1. The number of aromatic nitrogens is 2. The number of hydrogen-bond acceptors (Lipinski definition) is 6. The van der Waals surface area contributed by atoms with E-state index >= 15 is 0 Å². The molecule has 0 radical (unpaired) electrons. The van der Waals surface area contributed by atoms with Gasteiger partial charge in [-0.05, 0) is 86.3 Å². The number of carbonyl (C=O) groups excluding carboxylic acids is 2. The number of likely N-dealkylation sites (tertiary alicyclic amines) is 2. The molecule has 0 unspecified atom stereocenters. The van der Waals surface area contributed by atoms with Gasteiger partial charge >= 0.3 is 0 Å². The number of nitrogens with zero attached hydrogens (tertiary/aromatic N) is 5. The molecule has 4 heterocycles. The van der Waals surface area contributed by atoms with E-state index < -0.39 is 11.7 Å². The number of halogens is 3. The molecule has 0 atom stereocenters. The first kappa shape index (κ1) is 32.7. The lowest BCUT2D eigenvalue weighted by Crippen LogP contribution is -2.45. The van der Waals surface area contributed by atoms with E-state index in [4.69, 9.17) is 27.9 Å². The zero-order chi connectivity index (χ0) is 32.2. The monoisotopic (exact) mass is 667 g/mol. The number of rotatable bonds is 7. The molecule has 1 aromatic heterocycles. The van der Waals surface area contributed by atoms with E-state index in [1.807, 2.05) is 29.4 Å². The molecule has 8 nitrogen and oxygen atoms in total. The van der Waals surface area contributed by atoms with Crippen molar-refractivity contribution >= 4 is 41.0 Å². The number of piperidine rings is 3. The molecule has 6 rings (SSSR count). The highest BCUT2D eigenvalue weighted by Crippen LogP contribution is 2.31. The molecule has 2 amide bonds. The fourth-order valence-corrected chi connectivity index (χ4v) is 7.33. The minimum atomic E-state index is -0.709. The maximum Gasteiger partial charge on any atom is 0.258 e. The fraction of sp³-hybridized carbons (Fsp3) is 0.486. The van der Waals surface area contributed by atoms with Gasteiger partial charge in [0.1, 0.15) is 5.82 Å². The fourth-order valence-electron chi connectivity index (χ4n) is 6.78. The zero-order valence-corrected chi connectivity index (χ0v) is 27.6. The summed E-state index contributed by atoms with van der Waals surface area (Å²) in [4.78, 5) is 41.3. The van der Waals surface area contributed by atoms with Crippen LogP contribution in [-0.4, -0.2) is 83.1 Å². The lowest BCUT2D eigenvalue weighted by Gasteiger charge is -2.37. The maximum atomic E-state index is 14.4. The summed E-state index contributed by atoms with van der Waals surface area (Å²) in [7, 11) is 0. The van der Waals surface area contributed by atoms with Crippen LogP contribution in [0.4, 0.5) is 10.3 Å². The second-order valence-electron chi connectivity index (χ2n) is 12.5.